The fourth-order valence-electron chi connectivity index (χ4n) is 3.39. The van der Waals surface area contributed by atoms with E-state index < -0.39 is 7.12 Å². The van der Waals surface area contributed by atoms with E-state index >= 15 is 0 Å². The Hall–Kier alpha value is -1.67. The predicted molar refractivity (Wildman–Crippen MR) is 104 cm³/mol. The van der Waals surface area contributed by atoms with Crippen LogP contribution in [0.4, 0.5) is 5.95 Å². The number of esters is 1. The molecule has 0 radical (unpaired) electrons. The number of ether oxygens (including phenoxy) is 1. The molecule has 0 atom stereocenters. The second-order valence-electron chi connectivity index (χ2n) is 8.34. The fourth-order valence-corrected chi connectivity index (χ4v) is 3.39. The third-order valence-electron chi connectivity index (χ3n) is 5.84. The molecule has 3 rings (SSSR count). The van der Waals surface area contributed by atoms with Crippen LogP contribution >= 0.6 is 0 Å². The van der Waals surface area contributed by atoms with Crippen molar-refractivity contribution in [3.05, 3.63) is 12.4 Å². The Morgan fingerprint density at radius 1 is 1.19 bits per heavy atom. The van der Waals surface area contributed by atoms with Gasteiger partial charge in [-0.15, -0.1) is 0 Å². The molecular formula is C19H30BN3O4. The summed E-state index contributed by atoms with van der Waals surface area (Å²) in [7, 11) is -0.445. The summed E-state index contributed by atoms with van der Waals surface area (Å²) in [5.41, 5.74) is 0.0727. The lowest BCUT2D eigenvalue weighted by molar-refractivity contribution is -0.144. The van der Waals surface area contributed by atoms with Gasteiger partial charge in [0.05, 0.1) is 17.8 Å². The monoisotopic (exact) mass is 375 g/mol. The van der Waals surface area contributed by atoms with Crippen LogP contribution in [0.2, 0.25) is 0 Å². The van der Waals surface area contributed by atoms with Crippen LogP contribution in [0.1, 0.15) is 53.9 Å². The van der Waals surface area contributed by atoms with E-state index in [1.54, 1.807) is 12.4 Å². The molecule has 0 N–H and O–H groups in total. The van der Waals surface area contributed by atoms with E-state index in [1.807, 2.05) is 34.6 Å². The summed E-state index contributed by atoms with van der Waals surface area (Å²) in [6.45, 7) is 12.1. The third kappa shape index (κ3) is 4.43. The van der Waals surface area contributed by atoms with Gasteiger partial charge < -0.3 is 18.9 Å². The van der Waals surface area contributed by atoms with Gasteiger partial charge in [0.1, 0.15) is 0 Å². The zero-order valence-electron chi connectivity index (χ0n) is 17.0. The number of carbonyl (C=O) groups excluding carboxylic acids is 1. The quantitative estimate of drug-likeness (QED) is 0.575. The minimum absolute atomic E-state index is 0.0982. The van der Waals surface area contributed by atoms with Crippen molar-refractivity contribution >= 4 is 24.5 Å². The molecule has 0 saturated carbocycles. The van der Waals surface area contributed by atoms with Gasteiger partial charge in [0.15, 0.2) is 0 Å². The van der Waals surface area contributed by atoms with Crippen molar-refractivity contribution in [3.63, 3.8) is 0 Å². The van der Waals surface area contributed by atoms with Crippen LogP contribution < -0.4 is 10.4 Å². The number of aromatic nitrogens is 2. The molecule has 3 heterocycles. The highest BCUT2D eigenvalue weighted by Crippen LogP contribution is 2.36. The van der Waals surface area contributed by atoms with Gasteiger partial charge in [-0.25, -0.2) is 9.97 Å². The third-order valence-corrected chi connectivity index (χ3v) is 5.84. The van der Waals surface area contributed by atoms with Crippen molar-refractivity contribution in [1.82, 2.24) is 9.97 Å². The second-order valence-corrected chi connectivity index (χ2v) is 8.34. The molecule has 2 saturated heterocycles. The Labute approximate surface area is 161 Å². The highest BCUT2D eigenvalue weighted by atomic mass is 16.7. The van der Waals surface area contributed by atoms with Gasteiger partial charge in [0, 0.05) is 37.4 Å². The largest absolute Gasteiger partial charge is 0.498 e. The lowest BCUT2D eigenvalue weighted by Gasteiger charge is -2.32. The minimum Gasteiger partial charge on any atom is -0.466 e. The van der Waals surface area contributed by atoms with Crippen LogP contribution in [0.15, 0.2) is 12.4 Å². The lowest BCUT2D eigenvalue weighted by Crippen LogP contribution is -2.41. The molecule has 1 aromatic heterocycles. The molecule has 0 amide bonds. The minimum atomic E-state index is -0.445. The molecule has 2 aliphatic rings. The number of nitrogens with zero attached hydrogens (tertiary/aromatic N) is 3. The molecule has 7 nitrogen and oxygen atoms in total. The normalized spacial score (nSPS) is 22.1. The number of rotatable bonds is 5. The number of anilines is 1. The van der Waals surface area contributed by atoms with Gasteiger partial charge in [0.2, 0.25) is 5.95 Å². The fraction of sp³-hybridized carbons (Fsp3) is 0.737. The van der Waals surface area contributed by atoms with E-state index in [0.29, 0.717) is 24.9 Å². The Balaban J connectivity index is 1.55. The molecule has 0 spiro atoms. The molecule has 148 valence electrons. The van der Waals surface area contributed by atoms with Crippen LogP contribution in [0.5, 0.6) is 0 Å². The maximum absolute atomic E-state index is 11.6. The Morgan fingerprint density at radius 3 is 2.26 bits per heavy atom. The number of piperidine rings is 1. The summed E-state index contributed by atoms with van der Waals surface area (Å²) in [6, 6.07) is 0. The van der Waals surface area contributed by atoms with Gasteiger partial charge in [0.25, 0.3) is 0 Å². The molecule has 1 aromatic rings. The first-order valence-electron chi connectivity index (χ1n) is 9.80. The van der Waals surface area contributed by atoms with E-state index in [1.165, 1.54) is 0 Å². The van der Waals surface area contributed by atoms with E-state index in [2.05, 4.69) is 14.9 Å². The average molecular weight is 375 g/mol. The highest BCUT2D eigenvalue weighted by Gasteiger charge is 2.52. The van der Waals surface area contributed by atoms with Gasteiger partial charge in [-0.05, 0) is 53.4 Å². The van der Waals surface area contributed by atoms with Gasteiger partial charge in [-0.1, -0.05) is 0 Å². The van der Waals surface area contributed by atoms with Gasteiger partial charge >= 0.3 is 13.1 Å². The molecular weight excluding hydrogens is 345 g/mol. The Bertz CT molecular complexity index is 641. The zero-order chi connectivity index (χ0) is 19.7. The number of hydrogen-bond acceptors (Lipinski definition) is 7. The highest BCUT2D eigenvalue weighted by molar-refractivity contribution is 6.61. The van der Waals surface area contributed by atoms with Gasteiger partial charge in [-0.2, -0.15) is 0 Å². The van der Waals surface area contributed by atoms with E-state index in [0.717, 1.165) is 31.4 Å². The molecule has 27 heavy (non-hydrogen) atoms. The van der Waals surface area contributed by atoms with Crippen LogP contribution in [0.3, 0.4) is 0 Å². The summed E-state index contributed by atoms with van der Waals surface area (Å²) in [5, 5.41) is 0. The summed E-state index contributed by atoms with van der Waals surface area (Å²) in [5.74, 6) is 0.994. The first kappa shape index (κ1) is 20.1. The SMILES string of the molecule is CCOC(=O)CC1CCN(c2ncc(B3OC(C)(C)C(C)(C)O3)cn2)CC1. The van der Waals surface area contributed by atoms with E-state index in [9.17, 15) is 4.79 Å². The average Bonchev–Trinajstić information content (AvgIpc) is 2.84. The smallest absolute Gasteiger partial charge is 0.466 e. The van der Waals surface area contributed by atoms with Crippen molar-refractivity contribution in [2.24, 2.45) is 5.92 Å². The van der Waals surface area contributed by atoms with Crippen LogP contribution in [-0.4, -0.2) is 54.0 Å². The van der Waals surface area contributed by atoms with Gasteiger partial charge in [-0.3, -0.25) is 4.79 Å². The summed E-state index contributed by atoms with van der Waals surface area (Å²) < 4.78 is 17.1. The maximum atomic E-state index is 11.6. The molecule has 0 aromatic carbocycles. The Morgan fingerprint density at radius 2 is 1.74 bits per heavy atom. The van der Waals surface area contributed by atoms with Crippen molar-refractivity contribution in [3.8, 4) is 0 Å². The molecule has 0 bridgehead atoms. The second kappa shape index (κ2) is 7.76. The standard InChI is InChI=1S/C19H30BN3O4/c1-6-25-16(24)11-14-7-9-23(10-8-14)17-21-12-15(13-22-17)20-26-18(2,3)19(4,5)27-20/h12-14H,6-11H2,1-5H3. The summed E-state index contributed by atoms with van der Waals surface area (Å²) in [4.78, 5) is 22.8. The van der Waals surface area contributed by atoms with Crippen LogP contribution in [0.25, 0.3) is 0 Å². The van der Waals surface area contributed by atoms with Crippen molar-refractivity contribution < 1.29 is 18.8 Å². The maximum Gasteiger partial charge on any atom is 0.498 e. The molecule has 0 unspecified atom stereocenters. The van der Waals surface area contributed by atoms with Crippen LogP contribution in [-0.2, 0) is 18.8 Å². The number of hydrogen-bond donors (Lipinski definition) is 0. The predicted octanol–water partition coefficient (Wildman–Crippen LogP) is 1.95. The lowest BCUT2D eigenvalue weighted by atomic mass is 9.81. The summed E-state index contributed by atoms with van der Waals surface area (Å²) in [6.07, 6.45) is 5.97. The first-order valence-corrected chi connectivity index (χ1v) is 9.80. The van der Waals surface area contributed by atoms with Crippen LogP contribution in [0, 0.1) is 5.92 Å². The van der Waals surface area contributed by atoms with E-state index in [4.69, 9.17) is 14.0 Å². The molecule has 0 aliphatic carbocycles. The molecule has 8 heteroatoms. The van der Waals surface area contributed by atoms with E-state index in [-0.39, 0.29) is 17.2 Å². The first-order chi connectivity index (χ1) is 12.7. The zero-order valence-corrected chi connectivity index (χ0v) is 17.0. The Kier molecular flexibility index (Phi) is 5.77. The number of carbonyl (C=O) groups is 1. The molecule has 2 fully saturated rings. The summed E-state index contributed by atoms with van der Waals surface area (Å²) >= 11 is 0. The molecule has 2 aliphatic heterocycles. The van der Waals surface area contributed by atoms with Crippen molar-refractivity contribution in [1.29, 1.82) is 0 Å². The topological polar surface area (TPSA) is 73.8 Å². The van der Waals surface area contributed by atoms with Crippen molar-refractivity contribution in [2.75, 3.05) is 24.6 Å². The van der Waals surface area contributed by atoms with Crippen molar-refractivity contribution in [2.45, 2.75) is 65.1 Å².